The lowest BCUT2D eigenvalue weighted by Gasteiger charge is -2.28. The number of aryl methyl sites for hydroxylation is 1. The van der Waals surface area contributed by atoms with Crippen LogP contribution in [-0.2, 0) is 22.5 Å². The van der Waals surface area contributed by atoms with E-state index >= 15 is 0 Å². The maximum Gasteiger partial charge on any atom is 0.224 e. The maximum absolute atomic E-state index is 13.6. The number of amides is 1. The first kappa shape index (κ1) is 18.2. The van der Waals surface area contributed by atoms with Crippen LogP contribution in [0.25, 0.3) is 0 Å². The van der Waals surface area contributed by atoms with Crippen LogP contribution in [0.5, 0.6) is 0 Å². The minimum atomic E-state index is -0.735. The van der Waals surface area contributed by atoms with Gasteiger partial charge >= 0.3 is 0 Å². The fourth-order valence-electron chi connectivity index (χ4n) is 2.72. The molecule has 0 radical (unpaired) electrons. The Balaban J connectivity index is 1.61. The quantitative estimate of drug-likeness (QED) is 0.878. The van der Waals surface area contributed by atoms with Crippen LogP contribution in [-0.4, -0.2) is 42.2 Å². The van der Waals surface area contributed by atoms with Crippen molar-refractivity contribution in [3.05, 3.63) is 53.0 Å². The molecule has 1 aliphatic rings. The van der Waals surface area contributed by atoms with Crippen LogP contribution >= 0.6 is 0 Å². The third kappa shape index (κ3) is 4.72. The second kappa shape index (κ2) is 8.18. The molecule has 0 atom stereocenters. The van der Waals surface area contributed by atoms with Crippen LogP contribution in [0.4, 0.5) is 14.6 Å². The van der Waals surface area contributed by atoms with Crippen molar-refractivity contribution >= 4 is 11.7 Å². The Hall–Kier alpha value is -2.61. The fourth-order valence-corrected chi connectivity index (χ4v) is 2.72. The van der Waals surface area contributed by atoms with Crippen molar-refractivity contribution < 1.29 is 18.3 Å². The van der Waals surface area contributed by atoms with Crippen LogP contribution in [0.3, 0.4) is 0 Å². The molecule has 6 nitrogen and oxygen atoms in total. The largest absolute Gasteiger partial charge is 0.378 e. The minimum Gasteiger partial charge on any atom is -0.378 e. The number of rotatable bonds is 5. The molecule has 1 aromatic heterocycles. The van der Waals surface area contributed by atoms with Gasteiger partial charge in [-0.1, -0.05) is 6.07 Å². The van der Waals surface area contributed by atoms with Gasteiger partial charge < -0.3 is 15.0 Å². The molecule has 1 aliphatic heterocycles. The van der Waals surface area contributed by atoms with E-state index in [1.807, 2.05) is 13.0 Å². The highest BCUT2D eigenvalue weighted by Gasteiger charge is 2.15. The van der Waals surface area contributed by atoms with Crippen LogP contribution in [0, 0.1) is 18.6 Å². The average molecular weight is 362 g/mol. The third-order valence-corrected chi connectivity index (χ3v) is 4.03. The Morgan fingerprint density at radius 1 is 1.23 bits per heavy atom. The summed E-state index contributed by atoms with van der Waals surface area (Å²) in [4.78, 5) is 23.0. The molecule has 2 aromatic rings. The van der Waals surface area contributed by atoms with Gasteiger partial charge in [-0.25, -0.2) is 18.7 Å². The number of benzene rings is 1. The number of carbonyl (C=O) groups excluding carboxylic acids is 1. The van der Waals surface area contributed by atoms with Crippen molar-refractivity contribution in [2.45, 2.75) is 19.9 Å². The molecule has 8 heteroatoms. The van der Waals surface area contributed by atoms with Gasteiger partial charge in [0.2, 0.25) is 5.91 Å². The summed E-state index contributed by atoms with van der Waals surface area (Å²) >= 11 is 0. The SMILES string of the molecule is Cc1cc(N2CCOCC2)nc(CNC(=O)Cc2ccc(F)cc2F)n1. The first-order chi connectivity index (χ1) is 12.5. The van der Waals surface area contributed by atoms with Gasteiger partial charge in [-0.15, -0.1) is 0 Å². The number of aromatic nitrogens is 2. The van der Waals surface area contributed by atoms with E-state index in [-0.39, 0.29) is 24.4 Å². The molecule has 2 heterocycles. The molecule has 26 heavy (non-hydrogen) atoms. The van der Waals surface area contributed by atoms with Gasteiger partial charge in [0.05, 0.1) is 26.2 Å². The molecule has 1 N–H and O–H groups in total. The summed E-state index contributed by atoms with van der Waals surface area (Å²) in [5.41, 5.74) is 0.943. The van der Waals surface area contributed by atoms with E-state index in [2.05, 4.69) is 20.2 Å². The molecule has 1 aromatic carbocycles. The highest BCUT2D eigenvalue weighted by atomic mass is 19.1. The molecule has 0 unspecified atom stereocenters. The van der Waals surface area contributed by atoms with E-state index in [9.17, 15) is 13.6 Å². The number of morpholine rings is 1. The number of nitrogens with one attached hydrogen (secondary N) is 1. The molecule has 3 rings (SSSR count). The van der Waals surface area contributed by atoms with E-state index in [4.69, 9.17) is 4.74 Å². The zero-order valence-corrected chi connectivity index (χ0v) is 14.5. The van der Waals surface area contributed by atoms with Crippen LogP contribution in [0.15, 0.2) is 24.3 Å². The Labute approximate surface area is 150 Å². The predicted molar refractivity (Wildman–Crippen MR) is 91.7 cm³/mol. The number of ether oxygens (including phenoxy) is 1. The second-order valence-electron chi connectivity index (χ2n) is 6.07. The van der Waals surface area contributed by atoms with Gasteiger partial charge in [-0.2, -0.15) is 0 Å². The topological polar surface area (TPSA) is 67.3 Å². The Bertz CT molecular complexity index is 795. The van der Waals surface area contributed by atoms with E-state index < -0.39 is 11.6 Å². The van der Waals surface area contributed by atoms with Gasteiger partial charge in [0, 0.05) is 30.9 Å². The number of hydrogen-bond donors (Lipinski definition) is 1. The molecule has 1 amide bonds. The molecular weight excluding hydrogens is 342 g/mol. The monoisotopic (exact) mass is 362 g/mol. The second-order valence-corrected chi connectivity index (χ2v) is 6.07. The zero-order chi connectivity index (χ0) is 18.5. The van der Waals surface area contributed by atoms with Crippen molar-refractivity contribution in [1.82, 2.24) is 15.3 Å². The van der Waals surface area contributed by atoms with E-state index in [0.29, 0.717) is 19.0 Å². The van der Waals surface area contributed by atoms with Gasteiger partial charge in [0.25, 0.3) is 0 Å². The zero-order valence-electron chi connectivity index (χ0n) is 14.5. The highest BCUT2D eigenvalue weighted by molar-refractivity contribution is 5.78. The molecular formula is C18H20F2N4O2. The Morgan fingerprint density at radius 2 is 2.00 bits per heavy atom. The summed E-state index contributed by atoms with van der Waals surface area (Å²) in [7, 11) is 0. The van der Waals surface area contributed by atoms with Crippen molar-refractivity contribution in [3.8, 4) is 0 Å². The number of halogens is 2. The first-order valence-corrected chi connectivity index (χ1v) is 8.39. The van der Waals surface area contributed by atoms with Crippen molar-refractivity contribution in [1.29, 1.82) is 0 Å². The molecule has 0 aliphatic carbocycles. The number of nitrogens with zero attached hydrogens (tertiary/aromatic N) is 3. The third-order valence-electron chi connectivity index (χ3n) is 4.03. The van der Waals surface area contributed by atoms with E-state index in [0.717, 1.165) is 36.7 Å². The van der Waals surface area contributed by atoms with E-state index in [1.54, 1.807) is 0 Å². The number of hydrogen-bond acceptors (Lipinski definition) is 5. The van der Waals surface area contributed by atoms with Crippen molar-refractivity contribution in [2.24, 2.45) is 0 Å². The average Bonchev–Trinajstić information content (AvgIpc) is 2.63. The summed E-state index contributed by atoms with van der Waals surface area (Å²) in [5, 5.41) is 2.68. The van der Waals surface area contributed by atoms with Crippen molar-refractivity contribution in [3.63, 3.8) is 0 Å². The summed E-state index contributed by atoms with van der Waals surface area (Å²) < 4.78 is 31.9. The Kier molecular flexibility index (Phi) is 5.72. The summed E-state index contributed by atoms with van der Waals surface area (Å²) in [6.45, 7) is 4.82. The van der Waals surface area contributed by atoms with Gasteiger partial charge in [0.1, 0.15) is 23.3 Å². The number of carbonyl (C=O) groups is 1. The van der Waals surface area contributed by atoms with Crippen LogP contribution in [0.2, 0.25) is 0 Å². The Morgan fingerprint density at radius 3 is 2.73 bits per heavy atom. The summed E-state index contributed by atoms with van der Waals surface area (Å²) in [5.74, 6) is -0.500. The molecule has 138 valence electrons. The number of anilines is 1. The standard InChI is InChI=1S/C18H20F2N4O2/c1-12-8-17(24-4-6-26-7-5-24)23-16(22-12)11-21-18(25)9-13-2-3-14(19)10-15(13)20/h2-3,8,10H,4-7,9,11H2,1H3,(H,21,25). The lowest BCUT2D eigenvalue weighted by atomic mass is 10.1. The van der Waals surface area contributed by atoms with Crippen molar-refractivity contribution in [2.75, 3.05) is 31.2 Å². The van der Waals surface area contributed by atoms with E-state index in [1.165, 1.54) is 6.07 Å². The van der Waals surface area contributed by atoms with Gasteiger partial charge in [0.15, 0.2) is 0 Å². The van der Waals surface area contributed by atoms with Gasteiger partial charge in [-0.3, -0.25) is 4.79 Å². The van der Waals surface area contributed by atoms with Crippen LogP contribution in [0.1, 0.15) is 17.1 Å². The highest BCUT2D eigenvalue weighted by Crippen LogP contribution is 2.14. The lowest BCUT2D eigenvalue weighted by Crippen LogP contribution is -2.37. The summed E-state index contributed by atoms with van der Waals surface area (Å²) in [6, 6.07) is 5.05. The maximum atomic E-state index is 13.6. The minimum absolute atomic E-state index is 0.140. The lowest BCUT2D eigenvalue weighted by molar-refractivity contribution is -0.120. The first-order valence-electron chi connectivity index (χ1n) is 8.39. The summed E-state index contributed by atoms with van der Waals surface area (Å²) in [6.07, 6.45) is -0.172. The molecule has 1 saturated heterocycles. The fraction of sp³-hybridized carbons (Fsp3) is 0.389. The normalized spacial score (nSPS) is 14.3. The smallest absolute Gasteiger partial charge is 0.224 e. The molecule has 0 saturated carbocycles. The predicted octanol–water partition coefficient (Wildman–Crippen LogP) is 1.76. The van der Waals surface area contributed by atoms with Crippen LogP contribution < -0.4 is 10.2 Å². The molecule has 0 bridgehead atoms. The molecule has 1 fully saturated rings. The molecule has 0 spiro atoms. The van der Waals surface area contributed by atoms with Gasteiger partial charge in [-0.05, 0) is 18.6 Å².